The molecule has 1 aliphatic heterocycles. The van der Waals surface area contributed by atoms with Crippen LogP contribution in [0.1, 0.15) is 68.7 Å². The number of hydrogen-bond donors (Lipinski definition) is 0. The lowest BCUT2D eigenvalue weighted by atomic mass is 9.93. The van der Waals surface area contributed by atoms with Crippen molar-refractivity contribution in [1.82, 2.24) is 19.4 Å². The van der Waals surface area contributed by atoms with Crippen LogP contribution in [0, 0.1) is 5.92 Å². The Balaban J connectivity index is 1.44. The average molecular weight is 367 g/mol. The van der Waals surface area contributed by atoms with Gasteiger partial charge in [-0.05, 0) is 43.4 Å². The van der Waals surface area contributed by atoms with Crippen molar-refractivity contribution in [2.75, 3.05) is 13.1 Å². The van der Waals surface area contributed by atoms with Crippen LogP contribution < -0.4 is 0 Å². The molecule has 4 rings (SSSR count). The molecule has 1 saturated carbocycles. The third kappa shape index (κ3) is 4.40. The summed E-state index contributed by atoms with van der Waals surface area (Å²) >= 11 is 0. The van der Waals surface area contributed by atoms with Crippen molar-refractivity contribution < 1.29 is 4.79 Å². The van der Waals surface area contributed by atoms with Gasteiger partial charge in [0, 0.05) is 56.3 Å². The van der Waals surface area contributed by atoms with E-state index in [-0.39, 0.29) is 5.92 Å². The quantitative estimate of drug-likeness (QED) is 0.769. The molecule has 2 fully saturated rings. The number of likely N-dealkylation sites (tertiary alicyclic amines) is 1. The van der Waals surface area contributed by atoms with E-state index >= 15 is 0 Å². The first-order valence-corrected chi connectivity index (χ1v) is 10.5. The fourth-order valence-electron chi connectivity index (χ4n) is 4.67. The number of rotatable bonds is 4. The van der Waals surface area contributed by atoms with Crippen molar-refractivity contribution in [1.29, 1.82) is 0 Å². The molecule has 1 amide bonds. The van der Waals surface area contributed by atoms with Crippen LogP contribution in [0.3, 0.4) is 0 Å². The Bertz CT molecular complexity index is 734. The monoisotopic (exact) mass is 366 g/mol. The lowest BCUT2D eigenvalue weighted by Crippen LogP contribution is -2.42. The lowest BCUT2D eigenvalue weighted by molar-refractivity contribution is -0.137. The molecule has 2 aromatic rings. The number of pyridine rings is 1. The van der Waals surface area contributed by atoms with Gasteiger partial charge in [0.05, 0.1) is 0 Å². The van der Waals surface area contributed by atoms with Gasteiger partial charge in [-0.1, -0.05) is 25.7 Å². The second-order valence-electron chi connectivity index (χ2n) is 8.08. The molecular weight excluding hydrogens is 336 g/mol. The van der Waals surface area contributed by atoms with Gasteiger partial charge in [0.2, 0.25) is 5.91 Å². The Morgan fingerprint density at radius 3 is 2.56 bits per heavy atom. The molecule has 27 heavy (non-hydrogen) atoms. The van der Waals surface area contributed by atoms with Gasteiger partial charge in [-0.2, -0.15) is 0 Å². The highest BCUT2D eigenvalue weighted by Gasteiger charge is 2.31. The molecule has 0 radical (unpaired) electrons. The number of carbonyl (C=O) groups is 1. The summed E-state index contributed by atoms with van der Waals surface area (Å²) in [7, 11) is 0. The molecule has 144 valence electrons. The fraction of sp³-hybridized carbons (Fsp3) is 0.591. The molecule has 2 aliphatic rings. The normalized spacial score (nSPS) is 21.8. The van der Waals surface area contributed by atoms with Crippen LogP contribution in [0.15, 0.2) is 36.9 Å². The Labute approximate surface area is 161 Å². The highest BCUT2D eigenvalue weighted by atomic mass is 16.2. The van der Waals surface area contributed by atoms with Gasteiger partial charge in [-0.3, -0.25) is 9.78 Å². The van der Waals surface area contributed by atoms with E-state index in [0.717, 1.165) is 51.1 Å². The SMILES string of the molecule is O=C(C1CCCCCC1)N1CCCC(c2nccn2Cc2ccncc2)C1. The first kappa shape index (κ1) is 18.2. The predicted octanol–water partition coefficient (Wildman–Crippen LogP) is 4.00. The molecule has 5 nitrogen and oxygen atoms in total. The van der Waals surface area contributed by atoms with Crippen LogP contribution in [-0.4, -0.2) is 38.4 Å². The summed E-state index contributed by atoms with van der Waals surface area (Å²) in [6.07, 6.45) is 17.0. The minimum absolute atomic E-state index is 0.253. The molecule has 2 aromatic heterocycles. The van der Waals surface area contributed by atoms with Gasteiger partial charge in [-0.25, -0.2) is 4.98 Å². The van der Waals surface area contributed by atoms with E-state index in [9.17, 15) is 4.79 Å². The van der Waals surface area contributed by atoms with E-state index < -0.39 is 0 Å². The summed E-state index contributed by atoms with van der Waals surface area (Å²) in [4.78, 5) is 24.0. The second kappa shape index (κ2) is 8.68. The van der Waals surface area contributed by atoms with E-state index in [1.165, 1.54) is 31.2 Å². The number of hydrogen-bond acceptors (Lipinski definition) is 3. The van der Waals surface area contributed by atoms with Gasteiger partial charge in [0.15, 0.2) is 0 Å². The third-order valence-electron chi connectivity index (χ3n) is 6.15. The molecule has 0 N–H and O–H groups in total. The van der Waals surface area contributed by atoms with Crippen molar-refractivity contribution in [2.24, 2.45) is 5.92 Å². The zero-order chi connectivity index (χ0) is 18.5. The van der Waals surface area contributed by atoms with E-state index in [0.29, 0.717) is 11.8 Å². The summed E-state index contributed by atoms with van der Waals surface area (Å²) in [6.45, 7) is 2.55. The fourth-order valence-corrected chi connectivity index (χ4v) is 4.67. The minimum atomic E-state index is 0.253. The maximum Gasteiger partial charge on any atom is 0.225 e. The number of imidazole rings is 1. The summed E-state index contributed by atoms with van der Waals surface area (Å²) in [5.41, 5.74) is 1.23. The molecule has 1 atom stereocenters. The van der Waals surface area contributed by atoms with Crippen molar-refractivity contribution in [2.45, 2.75) is 63.8 Å². The number of aromatic nitrogens is 3. The molecule has 5 heteroatoms. The summed E-state index contributed by atoms with van der Waals surface area (Å²) < 4.78 is 2.24. The van der Waals surface area contributed by atoms with Gasteiger partial charge >= 0.3 is 0 Å². The molecule has 1 aliphatic carbocycles. The molecular formula is C22H30N4O. The van der Waals surface area contributed by atoms with Crippen LogP contribution >= 0.6 is 0 Å². The largest absolute Gasteiger partial charge is 0.342 e. The maximum absolute atomic E-state index is 13.1. The Hall–Kier alpha value is -2.17. The minimum Gasteiger partial charge on any atom is -0.342 e. The molecule has 0 spiro atoms. The number of piperidine rings is 1. The topological polar surface area (TPSA) is 51.0 Å². The average Bonchev–Trinajstić information content (AvgIpc) is 3.00. The number of carbonyl (C=O) groups excluding carboxylic acids is 1. The van der Waals surface area contributed by atoms with Gasteiger partial charge in [-0.15, -0.1) is 0 Å². The zero-order valence-corrected chi connectivity index (χ0v) is 16.1. The molecule has 0 aromatic carbocycles. The maximum atomic E-state index is 13.1. The zero-order valence-electron chi connectivity index (χ0n) is 16.1. The van der Waals surface area contributed by atoms with Crippen LogP contribution in [0.25, 0.3) is 0 Å². The van der Waals surface area contributed by atoms with Crippen molar-refractivity contribution in [3.63, 3.8) is 0 Å². The highest BCUT2D eigenvalue weighted by Crippen LogP contribution is 2.30. The molecule has 3 heterocycles. The Kier molecular flexibility index (Phi) is 5.85. The Morgan fingerprint density at radius 2 is 1.78 bits per heavy atom. The summed E-state index contributed by atoms with van der Waals surface area (Å²) in [6, 6.07) is 4.10. The molecule has 1 unspecified atom stereocenters. The van der Waals surface area contributed by atoms with Gasteiger partial charge in [0.1, 0.15) is 5.82 Å². The van der Waals surface area contributed by atoms with Crippen molar-refractivity contribution >= 4 is 5.91 Å². The van der Waals surface area contributed by atoms with Gasteiger partial charge < -0.3 is 9.47 Å². The molecule has 1 saturated heterocycles. The molecule has 0 bridgehead atoms. The van der Waals surface area contributed by atoms with E-state index in [1.54, 1.807) is 0 Å². The van der Waals surface area contributed by atoms with Gasteiger partial charge in [0.25, 0.3) is 0 Å². The standard InChI is InChI=1S/C22H30N4O/c27-22(19-6-3-1-2-4-7-19)26-14-5-8-20(17-26)21-24-13-15-25(21)16-18-9-11-23-12-10-18/h9-13,15,19-20H,1-8,14,16-17H2. The van der Waals surface area contributed by atoms with Crippen LogP contribution in [0.5, 0.6) is 0 Å². The smallest absolute Gasteiger partial charge is 0.225 e. The summed E-state index contributed by atoms with van der Waals surface area (Å²) in [5.74, 6) is 2.10. The third-order valence-corrected chi connectivity index (χ3v) is 6.15. The number of amides is 1. The van der Waals surface area contributed by atoms with E-state index in [1.807, 2.05) is 30.7 Å². The van der Waals surface area contributed by atoms with E-state index in [2.05, 4.69) is 25.6 Å². The lowest BCUT2D eigenvalue weighted by Gasteiger charge is -2.35. The van der Waals surface area contributed by atoms with Crippen LogP contribution in [0.2, 0.25) is 0 Å². The predicted molar refractivity (Wildman–Crippen MR) is 105 cm³/mol. The Morgan fingerprint density at radius 1 is 1.00 bits per heavy atom. The first-order valence-electron chi connectivity index (χ1n) is 10.5. The highest BCUT2D eigenvalue weighted by molar-refractivity contribution is 5.79. The van der Waals surface area contributed by atoms with Crippen molar-refractivity contribution in [3.8, 4) is 0 Å². The van der Waals surface area contributed by atoms with Crippen molar-refractivity contribution in [3.05, 3.63) is 48.3 Å². The first-order chi connectivity index (χ1) is 13.3. The number of nitrogens with zero attached hydrogens (tertiary/aromatic N) is 4. The summed E-state index contributed by atoms with van der Waals surface area (Å²) in [5, 5.41) is 0. The second-order valence-corrected chi connectivity index (χ2v) is 8.08. The van der Waals surface area contributed by atoms with Crippen LogP contribution in [0.4, 0.5) is 0 Å². The van der Waals surface area contributed by atoms with Crippen LogP contribution in [-0.2, 0) is 11.3 Å². The van der Waals surface area contributed by atoms with E-state index in [4.69, 9.17) is 0 Å².